The van der Waals surface area contributed by atoms with Gasteiger partial charge in [0.2, 0.25) is 0 Å². The van der Waals surface area contributed by atoms with E-state index in [1.807, 2.05) is 12.1 Å². The van der Waals surface area contributed by atoms with Crippen LogP contribution in [0.1, 0.15) is 64.0 Å². The van der Waals surface area contributed by atoms with Gasteiger partial charge in [0, 0.05) is 11.1 Å². The predicted octanol–water partition coefficient (Wildman–Crippen LogP) is 5.60. The molecular weight excluding hydrogens is 266 g/mol. The van der Waals surface area contributed by atoms with E-state index in [1.54, 1.807) is 0 Å². The van der Waals surface area contributed by atoms with Crippen LogP contribution in [0.5, 0.6) is 0 Å². The Kier molecular flexibility index (Phi) is 6.38. The SMILES string of the molecule is CCC(NCCC1CCCC(C)C1)c1cccc(Cl)c1. The summed E-state index contributed by atoms with van der Waals surface area (Å²) in [5.41, 5.74) is 1.32. The summed E-state index contributed by atoms with van der Waals surface area (Å²) in [6.07, 6.45) is 8.15. The molecule has 1 aromatic rings. The summed E-state index contributed by atoms with van der Waals surface area (Å²) >= 11 is 6.09. The topological polar surface area (TPSA) is 12.0 Å². The summed E-state index contributed by atoms with van der Waals surface area (Å²) in [6, 6.07) is 8.70. The minimum absolute atomic E-state index is 0.440. The van der Waals surface area contributed by atoms with Gasteiger partial charge >= 0.3 is 0 Å². The van der Waals surface area contributed by atoms with Gasteiger partial charge < -0.3 is 5.32 Å². The van der Waals surface area contributed by atoms with E-state index in [4.69, 9.17) is 11.6 Å². The summed E-state index contributed by atoms with van der Waals surface area (Å²) in [5.74, 6) is 1.87. The third-order valence-electron chi connectivity index (χ3n) is 4.65. The van der Waals surface area contributed by atoms with Crippen LogP contribution >= 0.6 is 11.6 Å². The van der Waals surface area contributed by atoms with Crippen LogP contribution in [0.2, 0.25) is 5.02 Å². The lowest BCUT2D eigenvalue weighted by Crippen LogP contribution is -2.25. The van der Waals surface area contributed by atoms with Crippen molar-refractivity contribution in [1.29, 1.82) is 0 Å². The van der Waals surface area contributed by atoms with Crippen LogP contribution in [0.4, 0.5) is 0 Å². The second-order valence-corrected chi connectivity index (χ2v) is 6.83. The minimum Gasteiger partial charge on any atom is -0.310 e. The molecule has 0 saturated heterocycles. The van der Waals surface area contributed by atoms with Crippen LogP contribution in [-0.2, 0) is 0 Å². The highest BCUT2D eigenvalue weighted by atomic mass is 35.5. The second kappa shape index (κ2) is 8.05. The van der Waals surface area contributed by atoms with E-state index in [9.17, 15) is 0 Å². The summed E-state index contributed by atoms with van der Waals surface area (Å²) in [5, 5.41) is 4.55. The molecule has 0 aliphatic heterocycles. The van der Waals surface area contributed by atoms with Crippen molar-refractivity contribution in [3.63, 3.8) is 0 Å². The molecule has 20 heavy (non-hydrogen) atoms. The van der Waals surface area contributed by atoms with Crippen LogP contribution in [0.25, 0.3) is 0 Å². The van der Waals surface area contributed by atoms with E-state index >= 15 is 0 Å². The average Bonchev–Trinajstić information content (AvgIpc) is 2.44. The van der Waals surface area contributed by atoms with Gasteiger partial charge in [-0.1, -0.05) is 56.8 Å². The van der Waals surface area contributed by atoms with Crippen molar-refractivity contribution >= 4 is 11.6 Å². The molecule has 2 heteroatoms. The zero-order chi connectivity index (χ0) is 14.4. The minimum atomic E-state index is 0.440. The van der Waals surface area contributed by atoms with Crippen molar-refractivity contribution < 1.29 is 0 Å². The van der Waals surface area contributed by atoms with Crippen LogP contribution in [-0.4, -0.2) is 6.54 Å². The molecule has 1 fully saturated rings. The molecule has 1 saturated carbocycles. The highest BCUT2D eigenvalue weighted by Crippen LogP contribution is 2.30. The van der Waals surface area contributed by atoms with Gasteiger partial charge in [-0.25, -0.2) is 0 Å². The van der Waals surface area contributed by atoms with Gasteiger partial charge in [-0.05, 0) is 55.3 Å². The molecule has 1 aliphatic rings. The zero-order valence-corrected chi connectivity index (χ0v) is 13.6. The third-order valence-corrected chi connectivity index (χ3v) is 4.88. The molecule has 0 heterocycles. The van der Waals surface area contributed by atoms with Crippen molar-refractivity contribution in [3.05, 3.63) is 34.9 Å². The molecule has 0 aromatic heterocycles. The van der Waals surface area contributed by atoms with Gasteiger partial charge in [-0.2, -0.15) is 0 Å². The zero-order valence-electron chi connectivity index (χ0n) is 12.9. The Hall–Kier alpha value is -0.530. The highest BCUT2D eigenvalue weighted by molar-refractivity contribution is 6.30. The number of hydrogen-bond acceptors (Lipinski definition) is 1. The van der Waals surface area contributed by atoms with Crippen molar-refractivity contribution in [2.45, 2.75) is 58.4 Å². The second-order valence-electron chi connectivity index (χ2n) is 6.40. The lowest BCUT2D eigenvalue weighted by atomic mass is 9.81. The molecule has 0 radical (unpaired) electrons. The lowest BCUT2D eigenvalue weighted by molar-refractivity contribution is 0.264. The smallest absolute Gasteiger partial charge is 0.0409 e. The maximum Gasteiger partial charge on any atom is 0.0409 e. The van der Waals surface area contributed by atoms with E-state index in [1.165, 1.54) is 37.7 Å². The third kappa shape index (κ3) is 4.79. The highest BCUT2D eigenvalue weighted by Gasteiger charge is 2.18. The number of halogens is 1. The summed E-state index contributed by atoms with van der Waals surface area (Å²) in [6.45, 7) is 5.77. The van der Waals surface area contributed by atoms with Crippen LogP contribution in [0.15, 0.2) is 24.3 Å². The van der Waals surface area contributed by atoms with Gasteiger partial charge in [0.05, 0.1) is 0 Å². The van der Waals surface area contributed by atoms with E-state index in [2.05, 4.69) is 31.3 Å². The standard InChI is InChI=1S/C18H28ClN/c1-3-18(16-8-5-9-17(19)13-16)20-11-10-15-7-4-6-14(2)12-15/h5,8-9,13-15,18,20H,3-4,6-7,10-12H2,1-2H3. The Bertz CT molecular complexity index is 404. The van der Waals surface area contributed by atoms with Crippen molar-refractivity contribution in [3.8, 4) is 0 Å². The predicted molar refractivity (Wildman–Crippen MR) is 88.2 cm³/mol. The number of rotatable bonds is 6. The maximum atomic E-state index is 6.09. The molecule has 3 unspecified atom stereocenters. The fraction of sp³-hybridized carbons (Fsp3) is 0.667. The van der Waals surface area contributed by atoms with E-state index in [0.29, 0.717) is 6.04 Å². The van der Waals surface area contributed by atoms with Crippen LogP contribution < -0.4 is 5.32 Å². The van der Waals surface area contributed by atoms with Gasteiger partial charge in [0.25, 0.3) is 0 Å². The molecule has 1 N–H and O–H groups in total. The maximum absolute atomic E-state index is 6.09. The van der Waals surface area contributed by atoms with E-state index in [0.717, 1.165) is 29.8 Å². The van der Waals surface area contributed by atoms with Gasteiger partial charge in [0.1, 0.15) is 0 Å². The molecule has 112 valence electrons. The Morgan fingerprint density at radius 1 is 1.35 bits per heavy atom. The fourth-order valence-electron chi connectivity index (χ4n) is 3.50. The molecule has 1 aromatic carbocycles. The first-order chi connectivity index (χ1) is 9.69. The summed E-state index contributed by atoms with van der Waals surface area (Å²) in [4.78, 5) is 0. The first-order valence-corrected chi connectivity index (χ1v) is 8.55. The van der Waals surface area contributed by atoms with Crippen molar-refractivity contribution in [2.75, 3.05) is 6.54 Å². The fourth-order valence-corrected chi connectivity index (χ4v) is 3.70. The molecule has 2 rings (SSSR count). The number of hydrogen-bond donors (Lipinski definition) is 1. The normalized spacial score (nSPS) is 24.6. The quantitative estimate of drug-likeness (QED) is 0.720. The summed E-state index contributed by atoms with van der Waals surface area (Å²) in [7, 11) is 0. The van der Waals surface area contributed by atoms with E-state index < -0.39 is 0 Å². The Balaban J connectivity index is 1.79. The van der Waals surface area contributed by atoms with E-state index in [-0.39, 0.29) is 0 Å². The molecular formula is C18H28ClN. The molecule has 0 spiro atoms. The van der Waals surface area contributed by atoms with Gasteiger partial charge in [-0.3, -0.25) is 0 Å². The first kappa shape index (κ1) is 15.9. The number of nitrogens with one attached hydrogen (secondary N) is 1. The molecule has 1 nitrogen and oxygen atoms in total. The lowest BCUT2D eigenvalue weighted by Gasteiger charge is -2.27. The van der Waals surface area contributed by atoms with Gasteiger partial charge in [0.15, 0.2) is 0 Å². The molecule has 0 amide bonds. The molecule has 1 aliphatic carbocycles. The molecule has 0 bridgehead atoms. The average molecular weight is 294 g/mol. The summed E-state index contributed by atoms with van der Waals surface area (Å²) < 4.78 is 0. The van der Waals surface area contributed by atoms with Gasteiger partial charge in [-0.15, -0.1) is 0 Å². The Morgan fingerprint density at radius 3 is 2.90 bits per heavy atom. The van der Waals surface area contributed by atoms with Crippen LogP contribution in [0, 0.1) is 11.8 Å². The number of benzene rings is 1. The Labute approximate surface area is 129 Å². The van der Waals surface area contributed by atoms with Crippen molar-refractivity contribution in [2.24, 2.45) is 11.8 Å². The van der Waals surface area contributed by atoms with Crippen molar-refractivity contribution in [1.82, 2.24) is 5.32 Å². The van der Waals surface area contributed by atoms with Crippen LogP contribution in [0.3, 0.4) is 0 Å². The Morgan fingerprint density at radius 2 is 2.20 bits per heavy atom. The molecule has 3 atom stereocenters. The largest absolute Gasteiger partial charge is 0.310 e. The monoisotopic (exact) mass is 293 g/mol. The first-order valence-electron chi connectivity index (χ1n) is 8.18.